The van der Waals surface area contributed by atoms with Gasteiger partial charge in [-0.1, -0.05) is 30.3 Å². The molecule has 0 fully saturated rings. The van der Waals surface area contributed by atoms with Gasteiger partial charge >= 0.3 is 0 Å². The predicted molar refractivity (Wildman–Crippen MR) is 101 cm³/mol. The number of hydrogen-bond donors (Lipinski definition) is 0. The average Bonchev–Trinajstić information content (AvgIpc) is 2.66. The first-order valence-corrected chi connectivity index (χ1v) is 8.58. The zero-order valence-electron chi connectivity index (χ0n) is 13.1. The maximum absolute atomic E-state index is 13.6. The highest BCUT2D eigenvalue weighted by Crippen LogP contribution is 2.33. The van der Waals surface area contributed by atoms with Crippen LogP contribution in [0, 0.1) is 5.82 Å². The fraction of sp³-hybridized carbons (Fsp3) is 0. The molecule has 0 bridgehead atoms. The number of nitrogens with zero attached hydrogens (tertiary/aromatic N) is 1. The van der Waals surface area contributed by atoms with Gasteiger partial charge in [-0.25, -0.2) is 4.39 Å². The smallest absolute Gasteiger partial charge is 0.144 e. The van der Waals surface area contributed by atoms with Crippen molar-refractivity contribution in [2.45, 2.75) is 0 Å². The summed E-state index contributed by atoms with van der Waals surface area (Å²) in [5.41, 5.74) is 1.93. The minimum atomic E-state index is -0.353. The third-order valence-corrected chi connectivity index (χ3v) is 4.71. The van der Waals surface area contributed by atoms with Crippen LogP contribution < -0.4 is 4.74 Å². The van der Waals surface area contributed by atoms with E-state index in [1.807, 2.05) is 48.7 Å². The van der Waals surface area contributed by atoms with E-state index in [0.717, 1.165) is 22.0 Å². The molecule has 0 radical (unpaired) electrons. The van der Waals surface area contributed by atoms with Gasteiger partial charge in [0.15, 0.2) is 0 Å². The molecule has 0 spiro atoms. The number of pyridine rings is 1. The van der Waals surface area contributed by atoms with E-state index in [0.29, 0.717) is 16.0 Å². The standard InChI is InChI=1S/C21H13BrFNO/c22-20-18(23)6-3-7-19(20)25-16-10-8-15(9-11-16)21-17-5-2-1-4-14(17)12-13-24-21/h1-13H. The summed E-state index contributed by atoms with van der Waals surface area (Å²) in [6.07, 6.45) is 1.81. The molecule has 4 rings (SSSR count). The summed E-state index contributed by atoms with van der Waals surface area (Å²) in [6, 6.07) is 22.5. The van der Waals surface area contributed by atoms with Crippen molar-refractivity contribution in [2.75, 3.05) is 0 Å². The largest absolute Gasteiger partial charge is 0.456 e. The fourth-order valence-electron chi connectivity index (χ4n) is 2.72. The van der Waals surface area contributed by atoms with Crippen LogP contribution >= 0.6 is 15.9 Å². The van der Waals surface area contributed by atoms with Crippen LogP contribution in [0.2, 0.25) is 0 Å². The van der Waals surface area contributed by atoms with Gasteiger partial charge in [0, 0.05) is 17.1 Å². The molecule has 0 aliphatic rings. The van der Waals surface area contributed by atoms with Gasteiger partial charge in [-0.2, -0.15) is 0 Å². The topological polar surface area (TPSA) is 22.1 Å². The minimum Gasteiger partial charge on any atom is -0.456 e. The molecule has 2 nitrogen and oxygen atoms in total. The van der Waals surface area contributed by atoms with Crippen molar-refractivity contribution < 1.29 is 9.13 Å². The Labute approximate surface area is 153 Å². The number of rotatable bonds is 3. The van der Waals surface area contributed by atoms with Crippen LogP contribution in [-0.4, -0.2) is 4.98 Å². The monoisotopic (exact) mass is 393 g/mol. The van der Waals surface area contributed by atoms with Gasteiger partial charge in [-0.05, 0) is 63.8 Å². The summed E-state index contributed by atoms with van der Waals surface area (Å²) < 4.78 is 19.7. The number of ether oxygens (including phenoxy) is 1. The molecule has 4 aromatic rings. The number of benzene rings is 3. The van der Waals surface area contributed by atoms with Crippen molar-refractivity contribution in [1.82, 2.24) is 4.98 Å². The van der Waals surface area contributed by atoms with Crippen LogP contribution in [0.3, 0.4) is 0 Å². The quantitative estimate of drug-likeness (QED) is 0.391. The van der Waals surface area contributed by atoms with Gasteiger partial charge in [0.05, 0.1) is 10.2 Å². The first-order chi connectivity index (χ1) is 12.2. The first-order valence-electron chi connectivity index (χ1n) is 7.78. The van der Waals surface area contributed by atoms with E-state index in [2.05, 4.69) is 33.0 Å². The van der Waals surface area contributed by atoms with Gasteiger partial charge in [-0.15, -0.1) is 0 Å². The van der Waals surface area contributed by atoms with Crippen molar-refractivity contribution in [3.05, 3.63) is 89.3 Å². The van der Waals surface area contributed by atoms with Crippen molar-refractivity contribution in [3.8, 4) is 22.8 Å². The lowest BCUT2D eigenvalue weighted by Crippen LogP contribution is -1.89. The summed E-state index contributed by atoms with van der Waals surface area (Å²) in [6.45, 7) is 0. The highest BCUT2D eigenvalue weighted by molar-refractivity contribution is 9.10. The van der Waals surface area contributed by atoms with Crippen LogP contribution in [0.1, 0.15) is 0 Å². The Morgan fingerprint density at radius 1 is 0.840 bits per heavy atom. The Hall–Kier alpha value is -2.72. The van der Waals surface area contributed by atoms with Crippen LogP contribution in [0.15, 0.2) is 83.5 Å². The number of halogens is 2. The fourth-order valence-corrected chi connectivity index (χ4v) is 3.07. The Bertz CT molecular complexity index is 1040. The van der Waals surface area contributed by atoms with E-state index in [-0.39, 0.29) is 5.82 Å². The molecule has 25 heavy (non-hydrogen) atoms. The molecule has 0 amide bonds. The number of aromatic nitrogens is 1. The Kier molecular flexibility index (Phi) is 4.20. The van der Waals surface area contributed by atoms with Gasteiger partial charge < -0.3 is 4.74 Å². The Morgan fingerprint density at radius 2 is 1.64 bits per heavy atom. The second-order valence-electron chi connectivity index (χ2n) is 5.56. The third-order valence-electron chi connectivity index (χ3n) is 3.95. The number of fused-ring (bicyclic) bond motifs is 1. The van der Waals surface area contributed by atoms with Crippen molar-refractivity contribution in [2.24, 2.45) is 0 Å². The molecule has 122 valence electrons. The average molecular weight is 394 g/mol. The van der Waals surface area contributed by atoms with E-state index in [4.69, 9.17) is 4.74 Å². The predicted octanol–water partition coefficient (Wildman–Crippen LogP) is 6.60. The second kappa shape index (κ2) is 6.65. The molecule has 1 aromatic heterocycles. The van der Waals surface area contributed by atoms with Crippen LogP contribution in [0.4, 0.5) is 4.39 Å². The molecule has 1 heterocycles. The molecular formula is C21H13BrFNO. The molecule has 4 heteroatoms. The summed E-state index contributed by atoms with van der Waals surface area (Å²) in [7, 11) is 0. The Morgan fingerprint density at radius 3 is 2.48 bits per heavy atom. The van der Waals surface area contributed by atoms with Crippen LogP contribution in [0.25, 0.3) is 22.0 Å². The molecule has 0 saturated carbocycles. The van der Waals surface area contributed by atoms with Crippen molar-refractivity contribution in [3.63, 3.8) is 0 Å². The molecule has 0 N–H and O–H groups in total. The molecule has 0 atom stereocenters. The molecule has 0 aliphatic carbocycles. The van der Waals surface area contributed by atoms with E-state index in [1.165, 1.54) is 6.07 Å². The van der Waals surface area contributed by atoms with Crippen LogP contribution in [-0.2, 0) is 0 Å². The molecule has 0 aliphatic heterocycles. The van der Waals surface area contributed by atoms with E-state index >= 15 is 0 Å². The summed E-state index contributed by atoms with van der Waals surface area (Å²) in [5.74, 6) is 0.723. The normalized spacial score (nSPS) is 10.8. The summed E-state index contributed by atoms with van der Waals surface area (Å²) in [4.78, 5) is 4.52. The number of hydrogen-bond acceptors (Lipinski definition) is 2. The van der Waals surface area contributed by atoms with Crippen molar-refractivity contribution >= 4 is 26.7 Å². The lowest BCUT2D eigenvalue weighted by molar-refractivity contribution is 0.472. The zero-order valence-corrected chi connectivity index (χ0v) is 14.7. The zero-order chi connectivity index (χ0) is 17.2. The maximum atomic E-state index is 13.6. The highest BCUT2D eigenvalue weighted by Gasteiger charge is 2.09. The SMILES string of the molecule is Fc1cccc(Oc2ccc(-c3nccc4ccccc34)cc2)c1Br. The first kappa shape index (κ1) is 15.8. The second-order valence-corrected chi connectivity index (χ2v) is 6.35. The molecule has 0 unspecified atom stereocenters. The lowest BCUT2D eigenvalue weighted by atomic mass is 10.0. The third kappa shape index (κ3) is 3.13. The molecule has 3 aromatic carbocycles. The highest BCUT2D eigenvalue weighted by atomic mass is 79.9. The van der Waals surface area contributed by atoms with E-state index in [1.54, 1.807) is 12.1 Å². The summed E-state index contributed by atoms with van der Waals surface area (Å²) in [5, 5.41) is 2.25. The Balaban J connectivity index is 1.67. The molecular weight excluding hydrogens is 381 g/mol. The minimum absolute atomic E-state index is 0.315. The van der Waals surface area contributed by atoms with Gasteiger partial charge in [0.1, 0.15) is 17.3 Å². The van der Waals surface area contributed by atoms with E-state index in [9.17, 15) is 4.39 Å². The van der Waals surface area contributed by atoms with E-state index < -0.39 is 0 Å². The van der Waals surface area contributed by atoms with Crippen LogP contribution in [0.5, 0.6) is 11.5 Å². The lowest BCUT2D eigenvalue weighted by Gasteiger charge is -2.10. The van der Waals surface area contributed by atoms with Gasteiger partial charge in [0.25, 0.3) is 0 Å². The van der Waals surface area contributed by atoms with Gasteiger partial charge in [0.2, 0.25) is 0 Å². The van der Waals surface area contributed by atoms with Gasteiger partial charge in [-0.3, -0.25) is 4.98 Å². The summed E-state index contributed by atoms with van der Waals surface area (Å²) >= 11 is 3.21. The van der Waals surface area contributed by atoms with Crippen molar-refractivity contribution in [1.29, 1.82) is 0 Å². The maximum Gasteiger partial charge on any atom is 0.144 e. The molecule has 0 saturated heterocycles.